The van der Waals surface area contributed by atoms with Crippen molar-refractivity contribution in [3.05, 3.63) is 89.9 Å². The summed E-state index contributed by atoms with van der Waals surface area (Å²) in [5.41, 5.74) is 4.10. The van der Waals surface area contributed by atoms with Crippen molar-refractivity contribution in [2.24, 2.45) is 4.99 Å². The van der Waals surface area contributed by atoms with Crippen LogP contribution in [-0.2, 0) is 10.9 Å². The molecule has 0 amide bonds. The van der Waals surface area contributed by atoms with Gasteiger partial charge in [-0.2, -0.15) is 13.2 Å². The molecular weight excluding hydrogens is 519 g/mol. The summed E-state index contributed by atoms with van der Waals surface area (Å²) in [6.45, 7) is 1.28. The van der Waals surface area contributed by atoms with Gasteiger partial charge in [-0.1, -0.05) is 12.1 Å². The standard InChI is InChI=1S/C30H26F3N5O2/c1-39-29-23(6-4-14-34-29)37-24-17-26-28(18-25(24)35-20-12-15-40-16-13-20)38(27-7-3-2-5-22(27)36-26)21-10-8-19(9-11-21)30(31,32)33/h2-11,14,17-18,20,37H,12-13,15-16H2,1H3. The van der Waals surface area contributed by atoms with Gasteiger partial charge in [-0.3, -0.25) is 4.99 Å². The van der Waals surface area contributed by atoms with Gasteiger partial charge < -0.3 is 19.4 Å². The van der Waals surface area contributed by atoms with E-state index >= 15 is 0 Å². The maximum absolute atomic E-state index is 13.3. The molecule has 3 aromatic rings. The Hall–Kier alpha value is -4.44. The Labute approximate surface area is 228 Å². The third kappa shape index (κ3) is 5.10. The summed E-state index contributed by atoms with van der Waals surface area (Å²) in [5.74, 6) is 0.436. The van der Waals surface area contributed by atoms with Crippen molar-refractivity contribution in [3.63, 3.8) is 0 Å². The zero-order valence-electron chi connectivity index (χ0n) is 21.7. The molecule has 6 rings (SSSR count). The van der Waals surface area contributed by atoms with Crippen LogP contribution >= 0.6 is 0 Å². The van der Waals surface area contributed by atoms with Gasteiger partial charge >= 0.3 is 6.18 Å². The fourth-order valence-electron chi connectivity index (χ4n) is 4.93. The van der Waals surface area contributed by atoms with Crippen LogP contribution < -0.4 is 15.4 Å². The fraction of sp³-hybridized carbons (Fsp3) is 0.233. The van der Waals surface area contributed by atoms with Gasteiger partial charge in [-0.25, -0.2) is 9.97 Å². The van der Waals surface area contributed by atoms with Crippen LogP contribution in [0.3, 0.4) is 0 Å². The zero-order chi connectivity index (χ0) is 27.7. The number of hydrogen-bond acceptors (Lipinski definition) is 6. The second kappa shape index (κ2) is 10.6. The average molecular weight is 546 g/mol. The molecule has 0 unspecified atom stereocenters. The summed E-state index contributed by atoms with van der Waals surface area (Å²) in [5, 5.41) is 4.12. The predicted octanol–water partition coefficient (Wildman–Crippen LogP) is 6.38. The fourth-order valence-corrected chi connectivity index (χ4v) is 4.93. The van der Waals surface area contributed by atoms with Gasteiger partial charge in [0, 0.05) is 25.1 Å². The molecule has 0 spiro atoms. The number of para-hydroxylation sites is 2. The molecule has 3 heterocycles. The number of nitrogens with zero attached hydrogens (tertiary/aromatic N) is 4. The first-order valence-electron chi connectivity index (χ1n) is 12.9. The smallest absolute Gasteiger partial charge is 0.416 e. The number of rotatable bonds is 5. The lowest BCUT2D eigenvalue weighted by atomic mass is 10.1. The summed E-state index contributed by atoms with van der Waals surface area (Å²) < 4.78 is 52.9. The number of fused-ring (bicyclic) bond motifs is 2. The van der Waals surface area contributed by atoms with E-state index in [2.05, 4.69) is 10.3 Å². The Morgan fingerprint density at radius 3 is 2.50 bits per heavy atom. The summed E-state index contributed by atoms with van der Waals surface area (Å²) in [6, 6.07) is 20.3. The summed E-state index contributed by atoms with van der Waals surface area (Å²) in [6.07, 6.45) is -1.18. The summed E-state index contributed by atoms with van der Waals surface area (Å²) >= 11 is 0. The largest absolute Gasteiger partial charge is 0.480 e. The highest BCUT2D eigenvalue weighted by Crippen LogP contribution is 2.34. The van der Waals surface area contributed by atoms with Gasteiger partial charge in [-0.05, 0) is 73.5 Å². The maximum atomic E-state index is 13.3. The van der Waals surface area contributed by atoms with Crippen molar-refractivity contribution in [1.29, 1.82) is 0 Å². The Balaban J connectivity index is 1.60. The minimum Gasteiger partial charge on any atom is -0.480 e. The number of pyridine rings is 1. The highest BCUT2D eigenvalue weighted by atomic mass is 19.4. The second-order valence-electron chi connectivity index (χ2n) is 9.50. The van der Waals surface area contributed by atoms with Crippen molar-refractivity contribution >= 4 is 22.4 Å². The van der Waals surface area contributed by atoms with Crippen LogP contribution in [0.1, 0.15) is 18.4 Å². The third-order valence-corrected chi connectivity index (χ3v) is 6.90. The number of aromatic nitrogens is 3. The molecule has 2 aromatic carbocycles. The first-order chi connectivity index (χ1) is 19.4. The molecule has 1 N–H and O–H groups in total. The van der Waals surface area contributed by atoms with Crippen molar-refractivity contribution < 1.29 is 22.6 Å². The quantitative estimate of drug-likeness (QED) is 0.260. The lowest BCUT2D eigenvalue weighted by molar-refractivity contribution is -0.137. The molecule has 0 radical (unpaired) electrons. The normalized spacial score (nSPS) is 15.1. The van der Waals surface area contributed by atoms with Gasteiger partial charge in [-0.15, -0.1) is 0 Å². The highest BCUT2D eigenvalue weighted by Gasteiger charge is 2.30. The molecule has 7 nitrogen and oxygen atoms in total. The molecule has 1 aromatic heterocycles. The monoisotopic (exact) mass is 545 g/mol. The van der Waals surface area contributed by atoms with Gasteiger partial charge in [0.2, 0.25) is 5.88 Å². The SMILES string of the molecule is COc1ncccc1Nc1cc2nc3ccccc3n(-c3ccc(C(F)(F)F)cc3)c-2cc1=NC1CCOCC1. The number of halogens is 3. The van der Waals surface area contributed by atoms with Crippen molar-refractivity contribution in [1.82, 2.24) is 14.5 Å². The third-order valence-electron chi connectivity index (χ3n) is 6.90. The van der Waals surface area contributed by atoms with Crippen LogP contribution in [0.4, 0.5) is 24.5 Å². The molecule has 1 saturated heterocycles. The topological polar surface area (TPSA) is 73.6 Å². The van der Waals surface area contributed by atoms with E-state index in [0.717, 1.165) is 30.5 Å². The number of methoxy groups -OCH3 is 1. The molecule has 0 bridgehead atoms. The minimum atomic E-state index is -4.42. The van der Waals surface area contributed by atoms with Gasteiger partial charge in [0.05, 0.1) is 52.2 Å². The van der Waals surface area contributed by atoms with E-state index in [-0.39, 0.29) is 6.04 Å². The van der Waals surface area contributed by atoms with E-state index in [1.165, 1.54) is 12.1 Å². The molecule has 0 atom stereocenters. The van der Waals surface area contributed by atoms with Gasteiger partial charge in [0.1, 0.15) is 5.69 Å². The van der Waals surface area contributed by atoms with Crippen molar-refractivity contribution in [2.75, 3.05) is 25.6 Å². The molecule has 1 aliphatic carbocycles. The van der Waals surface area contributed by atoms with Gasteiger partial charge in [0.25, 0.3) is 0 Å². The lowest BCUT2D eigenvalue weighted by Gasteiger charge is -2.22. The molecule has 204 valence electrons. The Morgan fingerprint density at radius 2 is 1.75 bits per heavy atom. The number of nitrogens with one attached hydrogen (secondary N) is 1. The molecule has 40 heavy (non-hydrogen) atoms. The summed E-state index contributed by atoms with van der Waals surface area (Å²) in [4.78, 5) is 14.3. The molecule has 0 saturated carbocycles. The van der Waals surface area contributed by atoms with Crippen LogP contribution in [-0.4, -0.2) is 40.9 Å². The Kier molecular flexibility index (Phi) is 6.85. The average Bonchev–Trinajstić information content (AvgIpc) is 2.97. The van der Waals surface area contributed by atoms with E-state index in [1.807, 2.05) is 53.1 Å². The first kappa shape index (κ1) is 25.8. The molecular formula is C30H26F3N5O2. The van der Waals surface area contributed by atoms with Crippen molar-refractivity contribution in [3.8, 4) is 23.0 Å². The lowest BCUT2D eigenvalue weighted by Crippen LogP contribution is -2.23. The number of ether oxygens (including phenoxy) is 2. The zero-order valence-corrected chi connectivity index (χ0v) is 21.7. The Morgan fingerprint density at radius 1 is 0.975 bits per heavy atom. The molecule has 1 fully saturated rings. The van der Waals surface area contributed by atoms with E-state index in [1.54, 1.807) is 13.3 Å². The van der Waals surface area contributed by atoms with Crippen LogP contribution in [0, 0.1) is 0 Å². The van der Waals surface area contributed by atoms with Crippen LogP contribution in [0.5, 0.6) is 5.88 Å². The van der Waals surface area contributed by atoms with E-state index in [4.69, 9.17) is 19.5 Å². The van der Waals surface area contributed by atoms with E-state index in [9.17, 15) is 13.2 Å². The minimum absolute atomic E-state index is 0.0653. The van der Waals surface area contributed by atoms with E-state index in [0.29, 0.717) is 58.4 Å². The van der Waals surface area contributed by atoms with Crippen molar-refractivity contribution in [2.45, 2.75) is 25.1 Å². The number of alkyl halides is 3. The van der Waals surface area contributed by atoms with E-state index < -0.39 is 11.7 Å². The number of benzene rings is 3. The number of hydrogen-bond donors (Lipinski definition) is 1. The van der Waals surface area contributed by atoms with Crippen LogP contribution in [0.2, 0.25) is 0 Å². The number of anilines is 2. The maximum Gasteiger partial charge on any atom is 0.416 e. The first-order valence-corrected chi connectivity index (χ1v) is 12.9. The van der Waals surface area contributed by atoms with Gasteiger partial charge in [0.15, 0.2) is 0 Å². The predicted molar refractivity (Wildman–Crippen MR) is 146 cm³/mol. The Bertz CT molecular complexity index is 1690. The highest BCUT2D eigenvalue weighted by molar-refractivity contribution is 5.84. The second-order valence-corrected chi connectivity index (χ2v) is 9.50. The molecule has 2 aliphatic heterocycles. The molecule has 10 heteroatoms. The molecule has 3 aliphatic rings. The van der Waals surface area contributed by atoms with Crippen LogP contribution in [0.15, 0.2) is 84.0 Å². The van der Waals surface area contributed by atoms with Crippen LogP contribution in [0.25, 0.3) is 28.1 Å². The summed E-state index contributed by atoms with van der Waals surface area (Å²) in [7, 11) is 1.56.